The Bertz CT molecular complexity index is 473. The summed E-state index contributed by atoms with van der Waals surface area (Å²) in [5, 5.41) is 4.57. The highest BCUT2D eigenvalue weighted by atomic mass is 16.2. The summed E-state index contributed by atoms with van der Waals surface area (Å²) >= 11 is 0. The molecule has 1 saturated heterocycles. The standard InChI is InChI=1S/C17H30N4O2/c1-6-9-14(18-5)13(4)19-16(22)15-10-8-11-21(20-15)17(23)12(3)7-2/h6,9,12-13,15,20H,7-8,10-11H2,1-5H3,(H,19,22). The maximum absolute atomic E-state index is 12.5. The molecular weight excluding hydrogens is 292 g/mol. The molecule has 23 heavy (non-hydrogen) atoms. The second-order valence-electron chi connectivity index (χ2n) is 6.00. The number of allylic oxidation sites excluding steroid dienone is 1. The Kier molecular flexibility index (Phi) is 7.95. The van der Waals surface area contributed by atoms with Crippen LogP contribution in [0.5, 0.6) is 0 Å². The van der Waals surface area contributed by atoms with Crippen LogP contribution in [0.25, 0.3) is 0 Å². The van der Waals surface area contributed by atoms with Gasteiger partial charge in [0.1, 0.15) is 6.04 Å². The quantitative estimate of drug-likeness (QED) is 0.731. The Morgan fingerprint density at radius 3 is 2.70 bits per heavy atom. The van der Waals surface area contributed by atoms with E-state index in [0.29, 0.717) is 6.54 Å². The molecular formula is C17H30N4O2. The van der Waals surface area contributed by atoms with E-state index < -0.39 is 0 Å². The van der Waals surface area contributed by atoms with Crippen LogP contribution in [0.2, 0.25) is 0 Å². The molecule has 0 aliphatic carbocycles. The lowest BCUT2D eigenvalue weighted by molar-refractivity contribution is -0.142. The fourth-order valence-corrected chi connectivity index (χ4v) is 2.55. The van der Waals surface area contributed by atoms with E-state index in [-0.39, 0.29) is 29.8 Å². The predicted octanol–water partition coefficient (Wildman–Crippen LogP) is 1.68. The van der Waals surface area contributed by atoms with Crippen molar-refractivity contribution in [2.75, 3.05) is 13.6 Å². The van der Waals surface area contributed by atoms with Crippen LogP contribution in [-0.2, 0) is 9.59 Å². The third-order valence-electron chi connectivity index (χ3n) is 4.20. The average molecular weight is 322 g/mol. The van der Waals surface area contributed by atoms with Crippen LogP contribution in [0.4, 0.5) is 0 Å². The molecule has 0 saturated carbocycles. The number of aliphatic imine (C=N–C) groups is 1. The zero-order chi connectivity index (χ0) is 17.4. The molecule has 1 heterocycles. The lowest BCUT2D eigenvalue weighted by Gasteiger charge is -2.35. The Morgan fingerprint density at radius 1 is 1.43 bits per heavy atom. The minimum Gasteiger partial charge on any atom is -0.347 e. The number of hydrogen-bond donors (Lipinski definition) is 2. The molecule has 6 nitrogen and oxygen atoms in total. The van der Waals surface area contributed by atoms with Gasteiger partial charge in [-0.3, -0.25) is 19.6 Å². The van der Waals surface area contributed by atoms with Crippen molar-refractivity contribution in [2.45, 2.75) is 59.0 Å². The van der Waals surface area contributed by atoms with Gasteiger partial charge >= 0.3 is 0 Å². The highest BCUT2D eigenvalue weighted by Gasteiger charge is 2.30. The maximum Gasteiger partial charge on any atom is 0.239 e. The molecule has 0 aromatic rings. The number of hydrogen-bond acceptors (Lipinski definition) is 4. The molecule has 3 unspecified atom stereocenters. The van der Waals surface area contributed by atoms with Crippen LogP contribution in [-0.4, -0.2) is 48.2 Å². The Balaban J connectivity index is 2.64. The highest BCUT2D eigenvalue weighted by Crippen LogP contribution is 2.12. The summed E-state index contributed by atoms with van der Waals surface area (Å²) < 4.78 is 0. The van der Waals surface area contributed by atoms with Gasteiger partial charge in [0.15, 0.2) is 0 Å². The normalized spacial score (nSPS) is 22.0. The number of rotatable bonds is 6. The number of amides is 2. The molecule has 1 rings (SSSR count). The second-order valence-corrected chi connectivity index (χ2v) is 6.00. The first kappa shape index (κ1) is 19.4. The topological polar surface area (TPSA) is 73.8 Å². The smallest absolute Gasteiger partial charge is 0.239 e. The van der Waals surface area contributed by atoms with Crippen LogP contribution in [0, 0.1) is 5.92 Å². The molecule has 3 atom stereocenters. The fraction of sp³-hybridized carbons (Fsp3) is 0.706. The van der Waals surface area contributed by atoms with Crippen LogP contribution < -0.4 is 10.7 Å². The Hall–Kier alpha value is -1.69. The summed E-state index contributed by atoms with van der Waals surface area (Å²) in [6, 6.07) is -0.533. The van der Waals surface area contributed by atoms with E-state index in [9.17, 15) is 9.59 Å². The van der Waals surface area contributed by atoms with Gasteiger partial charge in [-0.25, -0.2) is 5.43 Å². The lowest BCUT2D eigenvalue weighted by atomic mass is 10.0. The number of carbonyl (C=O) groups excluding carboxylic acids is 2. The molecule has 2 N–H and O–H groups in total. The first-order valence-corrected chi connectivity index (χ1v) is 8.41. The fourth-order valence-electron chi connectivity index (χ4n) is 2.55. The zero-order valence-corrected chi connectivity index (χ0v) is 14.9. The van der Waals surface area contributed by atoms with Crippen molar-refractivity contribution < 1.29 is 9.59 Å². The van der Waals surface area contributed by atoms with E-state index in [1.807, 2.05) is 39.8 Å². The molecule has 1 aliphatic heterocycles. The minimum absolute atomic E-state index is 0.0308. The van der Waals surface area contributed by atoms with Gasteiger partial charge in [-0.15, -0.1) is 0 Å². The largest absolute Gasteiger partial charge is 0.347 e. The number of nitrogens with one attached hydrogen (secondary N) is 2. The predicted molar refractivity (Wildman–Crippen MR) is 93.1 cm³/mol. The summed E-state index contributed by atoms with van der Waals surface area (Å²) in [5.41, 5.74) is 3.90. The molecule has 0 aromatic carbocycles. The van der Waals surface area contributed by atoms with E-state index in [1.165, 1.54) is 0 Å². The molecule has 0 radical (unpaired) electrons. The van der Waals surface area contributed by atoms with Gasteiger partial charge in [0.2, 0.25) is 11.8 Å². The summed E-state index contributed by atoms with van der Waals surface area (Å²) in [4.78, 5) is 28.9. The van der Waals surface area contributed by atoms with Gasteiger partial charge < -0.3 is 5.32 Å². The van der Waals surface area contributed by atoms with Crippen molar-refractivity contribution in [3.63, 3.8) is 0 Å². The van der Waals surface area contributed by atoms with Gasteiger partial charge in [0.25, 0.3) is 0 Å². The average Bonchev–Trinajstić information content (AvgIpc) is 2.58. The zero-order valence-electron chi connectivity index (χ0n) is 14.9. The van der Waals surface area contributed by atoms with Crippen molar-refractivity contribution in [2.24, 2.45) is 10.9 Å². The number of carbonyl (C=O) groups is 2. The van der Waals surface area contributed by atoms with E-state index in [2.05, 4.69) is 15.7 Å². The molecule has 1 aliphatic rings. The highest BCUT2D eigenvalue weighted by molar-refractivity contribution is 6.01. The maximum atomic E-state index is 12.5. The molecule has 130 valence electrons. The third kappa shape index (κ3) is 5.46. The van der Waals surface area contributed by atoms with Gasteiger partial charge in [0, 0.05) is 19.5 Å². The van der Waals surface area contributed by atoms with Crippen molar-refractivity contribution in [1.82, 2.24) is 15.8 Å². The molecule has 2 amide bonds. The summed E-state index contributed by atoms with van der Waals surface area (Å²) in [7, 11) is 1.71. The molecule has 1 fully saturated rings. The molecule has 0 bridgehead atoms. The van der Waals surface area contributed by atoms with E-state index in [1.54, 1.807) is 12.1 Å². The summed E-state index contributed by atoms with van der Waals surface area (Å²) in [5.74, 6) is -0.0654. The van der Waals surface area contributed by atoms with Gasteiger partial charge in [-0.1, -0.05) is 19.9 Å². The number of nitrogens with zero attached hydrogens (tertiary/aromatic N) is 2. The summed E-state index contributed by atoms with van der Waals surface area (Å²) in [6.45, 7) is 8.39. The minimum atomic E-state index is -0.372. The van der Waals surface area contributed by atoms with Crippen LogP contribution >= 0.6 is 0 Å². The van der Waals surface area contributed by atoms with Crippen molar-refractivity contribution in [1.29, 1.82) is 0 Å². The van der Waals surface area contributed by atoms with Gasteiger partial charge in [-0.05, 0) is 39.2 Å². The SMILES string of the molecule is CC=CC(=NC)C(C)NC(=O)C1CCCN(C(=O)C(C)CC)N1. The van der Waals surface area contributed by atoms with Crippen LogP contribution in [0.3, 0.4) is 0 Å². The van der Waals surface area contributed by atoms with Crippen LogP contribution in [0.1, 0.15) is 47.0 Å². The Labute approximate surface area is 139 Å². The molecule has 0 spiro atoms. The first-order valence-electron chi connectivity index (χ1n) is 8.41. The molecule has 0 aromatic heterocycles. The number of hydrazine groups is 1. The summed E-state index contributed by atoms with van der Waals surface area (Å²) in [6.07, 6.45) is 6.13. The van der Waals surface area contributed by atoms with Crippen molar-refractivity contribution >= 4 is 17.5 Å². The lowest BCUT2D eigenvalue weighted by Crippen LogP contribution is -2.59. The van der Waals surface area contributed by atoms with Crippen molar-refractivity contribution in [3.8, 4) is 0 Å². The van der Waals surface area contributed by atoms with E-state index in [0.717, 1.165) is 25.0 Å². The Morgan fingerprint density at radius 2 is 2.13 bits per heavy atom. The van der Waals surface area contributed by atoms with E-state index in [4.69, 9.17) is 0 Å². The van der Waals surface area contributed by atoms with Crippen molar-refractivity contribution in [3.05, 3.63) is 12.2 Å². The first-order chi connectivity index (χ1) is 10.9. The van der Waals surface area contributed by atoms with E-state index >= 15 is 0 Å². The van der Waals surface area contributed by atoms with Crippen LogP contribution in [0.15, 0.2) is 17.1 Å². The van der Waals surface area contributed by atoms with Gasteiger partial charge in [-0.2, -0.15) is 0 Å². The molecule has 6 heteroatoms. The third-order valence-corrected chi connectivity index (χ3v) is 4.20. The monoisotopic (exact) mass is 322 g/mol. The van der Waals surface area contributed by atoms with Gasteiger partial charge in [0.05, 0.1) is 11.8 Å². The second kappa shape index (κ2) is 9.45.